The van der Waals surface area contributed by atoms with Crippen molar-refractivity contribution in [3.05, 3.63) is 70.9 Å². The van der Waals surface area contributed by atoms with Crippen molar-refractivity contribution in [1.29, 1.82) is 0 Å². The summed E-state index contributed by atoms with van der Waals surface area (Å²) in [5.74, 6) is 2.39. The molecule has 1 amide bonds. The maximum atomic E-state index is 13.7. The van der Waals surface area contributed by atoms with Crippen molar-refractivity contribution in [2.45, 2.75) is 51.2 Å². The molecule has 1 aliphatic rings. The fraction of sp³-hybridized carbons (Fsp3) is 0.346. The molecule has 1 aliphatic heterocycles. The summed E-state index contributed by atoms with van der Waals surface area (Å²) < 4.78 is 7.25. The Morgan fingerprint density at radius 2 is 1.94 bits per heavy atom. The fourth-order valence-electron chi connectivity index (χ4n) is 3.99. The monoisotopic (exact) mass is 477 g/mol. The van der Waals surface area contributed by atoms with Gasteiger partial charge in [-0.2, -0.15) is 4.98 Å². The van der Waals surface area contributed by atoms with Crippen molar-refractivity contribution in [1.82, 2.24) is 14.8 Å². The first-order chi connectivity index (χ1) is 16.4. The molecular formula is C26H31N5O2S. The molecule has 1 aromatic heterocycles. The van der Waals surface area contributed by atoms with Gasteiger partial charge >= 0.3 is 0 Å². The van der Waals surface area contributed by atoms with E-state index >= 15 is 0 Å². The number of carbonyl (C=O) groups is 1. The Balaban J connectivity index is 1.76. The molecule has 34 heavy (non-hydrogen) atoms. The minimum Gasteiger partial charge on any atom is -0.495 e. The van der Waals surface area contributed by atoms with Crippen LogP contribution < -0.4 is 15.4 Å². The average molecular weight is 478 g/mol. The number of hydrogen-bond acceptors (Lipinski definition) is 6. The molecule has 0 saturated carbocycles. The van der Waals surface area contributed by atoms with Crippen molar-refractivity contribution >= 4 is 29.3 Å². The van der Waals surface area contributed by atoms with Crippen LogP contribution in [0.3, 0.4) is 0 Å². The van der Waals surface area contributed by atoms with Gasteiger partial charge in [0.1, 0.15) is 11.8 Å². The molecule has 8 heteroatoms. The van der Waals surface area contributed by atoms with Gasteiger partial charge in [0, 0.05) is 11.4 Å². The van der Waals surface area contributed by atoms with E-state index in [2.05, 4.69) is 60.7 Å². The van der Waals surface area contributed by atoms with Crippen LogP contribution in [-0.4, -0.2) is 33.5 Å². The second-order valence-electron chi connectivity index (χ2n) is 8.55. The normalized spacial score (nSPS) is 15.2. The van der Waals surface area contributed by atoms with E-state index in [1.807, 2.05) is 35.9 Å². The first kappa shape index (κ1) is 23.9. The Kier molecular flexibility index (Phi) is 7.26. The van der Waals surface area contributed by atoms with Gasteiger partial charge in [0.05, 0.1) is 18.4 Å². The van der Waals surface area contributed by atoms with Crippen molar-refractivity contribution in [3.8, 4) is 5.75 Å². The number of anilines is 2. The van der Waals surface area contributed by atoms with E-state index in [9.17, 15) is 4.79 Å². The lowest BCUT2D eigenvalue weighted by molar-refractivity contribution is -0.113. The molecule has 0 bridgehead atoms. The maximum absolute atomic E-state index is 13.7. The van der Waals surface area contributed by atoms with Crippen LogP contribution in [0.2, 0.25) is 0 Å². The van der Waals surface area contributed by atoms with Gasteiger partial charge in [0.25, 0.3) is 5.91 Å². The number of thioether (sulfide) groups is 1. The number of allylic oxidation sites excluding steroid dienone is 1. The largest absolute Gasteiger partial charge is 0.495 e. The molecule has 178 valence electrons. The minimum atomic E-state index is -0.407. The number of rotatable bonds is 8. The Morgan fingerprint density at radius 3 is 2.62 bits per heavy atom. The van der Waals surface area contributed by atoms with Crippen LogP contribution in [0.15, 0.2) is 65.0 Å². The highest BCUT2D eigenvalue weighted by Gasteiger charge is 2.34. The lowest BCUT2D eigenvalue weighted by atomic mass is 9.92. The number of carbonyl (C=O) groups excluding carboxylic acids is 1. The SMILES string of the molecule is CCCSc1nc2n(n1)C(c1ccc(C(C)C)cc1)C(C(=O)Nc1ccccc1OC)=C(C)N2. The molecule has 3 aromatic rings. The number of benzene rings is 2. The van der Waals surface area contributed by atoms with Crippen LogP contribution in [0.1, 0.15) is 57.2 Å². The number of ether oxygens (including phenoxy) is 1. The molecule has 4 rings (SSSR count). The summed E-state index contributed by atoms with van der Waals surface area (Å²) in [6, 6.07) is 15.4. The number of para-hydroxylation sites is 2. The predicted octanol–water partition coefficient (Wildman–Crippen LogP) is 5.84. The summed E-state index contributed by atoms with van der Waals surface area (Å²) in [4.78, 5) is 18.3. The van der Waals surface area contributed by atoms with Gasteiger partial charge in [-0.3, -0.25) is 4.79 Å². The summed E-state index contributed by atoms with van der Waals surface area (Å²) in [6.45, 7) is 8.38. The highest BCUT2D eigenvalue weighted by molar-refractivity contribution is 7.99. The molecule has 0 fully saturated rings. The third-order valence-electron chi connectivity index (χ3n) is 5.79. The van der Waals surface area contributed by atoms with Crippen LogP contribution >= 0.6 is 11.8 Å². The highest BCUT2D eigenvalue weighted by atomic mass is 32.2. The third kappa shape index (κ3) is 4.82. The summed E-state index contributed by atoms with van der Waals surface area (Å²) in [7, 11) is 1.59. The average Bonchev–Trinajstić information content (AvgIpc) is 3.24. The lowest BCUT2D eigenvalue weighted by Crippen LogP contribution is -2.31. The second-order valence-corrected chi connectivity index (χ2v) is 9.62. The molecule has 0 radical (unpaired) electrons. The summed E-state index contributed by atoms with van der Waals surface area (Å²) in [5, 5.41) is 11.8. The minimum absolute atomic E-state index is 0.212. The van der Waals surface area contributed by atoms with Gasteiger partial charge < -0.3 is 15.4 Å². The van der Waals surface area contributed by atoms with Crippen LogP contribution in [0.5, 0.6) is 5.75 Å². The quantitative estimate of drug-likeness (QED) is 0.397. The van der Waals surface area contributed by atoms with Crippen molar-refractivity contribution in [2.75, 3.05) is 23.5 Å². The van der Waals surface area contributed by atoms with Gasteiger partial charge in [-0.1, -0.05) is 68.9 Å². The summed E-state index contributed by atoms with van der Waals surface area (Å²) in [6.07, 6.45) is 1.03. The molecular weight excluding hydrogens is 446 g/mol. The van der Waals surface area contributed by atoms with Crippen LogP contribution in [0.4, 0.5) is 11.6 Å². The zero-order valence-corrected chi connectivity index (χ0v) is 21.1. The molecule has 0 saturated heterocycles. The van der Waals surface area contributed by atoms with Crippen LogP contribution in [-0.2, 0) is 4.79 Å². The lowest BCUT2D eigenvalue weighted by Gasteiger charge is -2.29. The summed E-state index contributed by atoms with van der Waals surface area (Å²) >= 11 is 1.62. The van der Waals surface area contributed by atoms with Gasteiger partial charge in [-0.25, -0.2) is 4.68 Å². The Morgan fingerprint density at radius 1 is 1.21 bits per heavy atom. The van der Waals surface area contributed by atoms with Crippen molar-refractivity contribution < 1.29 is 9.53 Å². The van der Waals surface area contributed by atoms with E-state index in [0.29, 0.717) is 34.0 Å². The van der Waals surface area contributed by atoms with E-state index in [4.69, 9.17) is 9.84 Å². The molecule has 7 nitrogen and oxygen atoms in total. The zero-order valence-electron chi connectivity index (χ0n) is 20.3. The summed E-state index contributed by atoms with van der Waals surface area (Å²) in [5.41, 5.74) is 4.18. The molecule has 2 N–H and O–H groups in total. The third-order valence-corrected chi connectivity index (χ3v) is 6.83. The van der Waals surface area contributed by atoms with Gasteiger partial charge in [-0.15, -0.1) is 5.10 Å². The molecule has 2 aromatic carbocycles. The highest BCUT2D eigenvalue weighted by Crippen LogP contribution is 2.37. The smallest absolute Gasteiger partial charge is 0.255 e. The Bertz CT molecular complexity index is 1200. The van der Waals surface area contributed by atoms with E-state index < -0.39 is 6.04 Å². The van der Waals surface area contributed by atoms with Crippen molar-refractivity contribution in [3.63, 3.8) is 0 Å². The Labute approximate surface area is 205 Å². The standard InChI is InChI=1S/C26H31N5O2S/c1-6-15-34-26-29-25-27-17(4)22(24(32)28-20-9-7-8-10-21(20)33-5)23(31(25)30-26)19-13-11-18(12-14-19)16(2)3/h7-14,16,23H,6,15H2,1-5H3,(H,28,32)(H,27,29,30). The number of hydrogen-bond donors (Lipinski definition) is 2. The maximum Gasteiger partial charge on any atom is 0.255 e. The number of aromatic nitrogens is 3. The van der Waals surface area contributed by atoms with Gasteiger partial charge in [-0.05, 0) is 42.5 Å². The fourth-order valence-corrected chi connectivity index (χ4v) is 4.67. The predicted molar refractivity (Wildman–Crippen MR) is 138 cm³/mol. The molecule has 2 heterocycles. The number of fused-ring (bicyclic) bond motifs is 1. The zero-order chi connectivity index (χ0) is 24.2. The number of nitrogens with one attached hydrogen (secondary N) is 2. The molecule has 0 spiro atoms. The Hall–Kier alpha value is -3.26. The van der Waals surface area contributed by atoms with Gasteiger partial charge in [0.2, 0.25) is 11.1 Å². The topological polar surface area (TPSA) is 81.1 Å². The first-order valence-corrected chi connectivity index (χ1v) is 12.5. The second kappa shape index (κ2) is 10.3. The van der Waals surface area contributed by atoms with E-state index in [1.165, 1.54) is 5.56 Å². The van der Waals surface area contributed by atoms with Gasteiger partial charge in [0.15, 0.2) is 0 Å². The van der Waals surface area contributed by atoms with E-state index in [-0.39, 0.29) is 5.91 Å². The van der Waals surface area contributed by atoms with E-state index in [0.717, 1.165) is 23.4 Å². The van der Waals surface area contributed by atoms with E-state index in [1.54, 1.807) is 18.9 Å². The molecule has 1 unspecified atom stereocenters. The molecule has 1 atom stereocenters. The number of amides is 1. The van der Waals surface area contributed by atoms with Crippen molar-refractivity contribution in [2.24, 2.45) is 0 Å². The number of methoxy groups -OCH3 is 1. The number of nitrogens with zero attached hydrogens (tertiary/aromatic N) is 3. The van der Waals surface area contributed by atoms with Crippen LogP contribution in [0.25, 0.3) is 0 Å². The molecule has 0 aliphatic carbocycles. The first-order valence-electron chi connectivity index (χ1n) is 11.5. The van der Waals surface area contributed by atoms with Crippen LogP contribution in [0, 0.1) is 0 Å².